The molecule has 0 radical (unpaired) electrons. The van der Waals surface area contributed by atoms with Crippen LogP contribution in [0.15, 0.2) is 205 Å². The first-order chi connectivity index (χ1) is 27.2. The van der Waals surface area contributed by atoms with Gasteiger partial charge in [-0.15, -0.1) is 11.3 Å². The van der Waals surface area contributed by atoms with Crippen LogP contribution in [-0.2, 0) is 0 Å². The van der Waals surface area contributed by atoms with Gasteiger partial charge in [0.05, 0.1) is 0 Å². The van der Waals surface area contributed by atoms with Gasteiger partial charge in [-0.1, -0.05) is 133 Å². The molecule has 11 aromatic rings. The normalized spacial score (nSPS) is 11.6. The van der Waals surface area contributed by atoms with Crippen molar-refractivity contribution in [1.82, 2.24) is 0 Å². The summed E-state index contributed by atoms with van der Waals surface area (Å²) in [5.74, 6) is 0. The summed E-state index contributed by atoms with van der Waals surface area (Å²) in [6.07, 6.45) is 0. The molecule has 9 aromatic carbocycles. The third-order valence-electron chi connectivity index (χ3n) is 10.9. The van der Waals surface area contributed by atoms with Gasteiger partial charge < -0.3 is 9.32 Å². The minimum absolute atomic E-state index is 0.903. The number of thiophene rings is 1. The second-order valence-electron chi connectivity index (χ2n) is 14.1. The number of hydrogen-bond donors (Lipinski definition) is 0. The molecule has 3 heteroatoms. The summed E-state index contributed by atoms with van der Waals surface area (Å²) in [5, 5.41) is 7.38. The zero-order valence-corrected chi connectivity index (χ0v) is 30.6. The van der Waals surface area contributed by atoms with Gasteiger partial charge in [-0.3, -0.25) is 0 Å². The van der Waals surface area contributed by atoms with Crippen LogP contribution in [0.2, 0.25) is 0 Å². The van der Waals surface area contributed by atoms with Crippen LogP contribution in [0, 0.1) is 0 Å². The molecule has 2 aromatic heterocycles. The van der Waals surface area contributed by atoms with E-state index in [1.54, 1.807) is 0 Å². The van der Waals surface area contributed by atoms with Gasteiger partial charge in [0.2, 0.25) is 0 Å². The van der Waals surface area contributed by atoms with Gasteiger partial charge in [0.15, 0.2) is 0 Å². The van der Waals surface area contributed by atoms with Gasteiger partial charge in [0.1, 0.15) is 11.2 Å². The fourth-order valence-electron chi connectivity index (χ4n) is 8.27. The molecule has 0 N–H and O–H groups in total. The minimum atomic E-state index is 0.903. The number of anilines is 3. The molecule has 0 aliphatic heterocycles. The van der Waals surface area contributed by atoms with Crippen molar-refractivity contribution in [2.75, 3.05) is 4.90 Å². The molecule has 11 rings (SSSR count). The average Bonchev–Trinajstić information content (AvgIpc) is 3.82. The first-order valence-corrected chi connectivity index (χ1v) is 19.5. The first kappa shape index (κ1) is 31.6. The van der Waals surface area contributed by atoms with E-state index in [9.17, 15) is 0 Å². The van der Waals surface area contributed by atoms with Gasteiger partial charge in [-0.05, 0) is 111 Å². The summed E-state index contributed by atoms with van der Waals surface area (Å²) in [5.41, 5.74) is 12.2. The summed E-state index contributed by atoms with van der Waals surface area (Å²) in [4.78, 5) is 2.38. The maximum Gasteiger partial charge on any atom is 0.136 e. The molecule has 0 spiro atoms. The second kappa shape index (κ2) is 12.9. The number of fused-ring (bicyclic) bond motifs is 7. The summed E-state index contributed by atoms with van der Waals surface area (Å²) < 4.78 is 8.88. The molecule has 2 nitrogen and oxygen atoms in total. The van der Waals surface area contributed by atoms with E-state index in [0.29, 0.717) is 0 Å². The summed E-state index contributed by atoms with van der Waals surface area (Å²) >= 11 is 1.86. The molecule has 0 saturated carbocycles. The maximum atomic E-state index is 6.25. The van der Waals surface area contributed by atoms with Crippen molar-refractivity contribution in [1.29, 1.82) is 0 Å². The molecule has 0 fully saturated rings. The number of benzene rings is 9. The van der Waals surface area contributed by atoms with Crippen LogP contribution >= 0.6 is 11.3 Å². The number of nitrogens with zero attached hydrogens (tertiary/aromatic N) is 1. The zero-order chi connectivity index (χ0) is 36.3. The Labute approximate surface area is 322 Å². The Morgan fingerprint density at radius 2 is 0.945 bits per heavy atom. The highest BCUT2D eigenvalue weighted by molar-refractivity contribution is 7.25. The van der Waals surface area contributed by atoms with Crippen LogP contribution in [0.4, 0.5) is 17.1 Å². The van der Waals surface area contributed by atoms with Gasteiger partial charge in [0.25, 0.3) is 0 Å². The summed E-state index contributed by atoms with van der Waals surface area (Å²) in [7, 11) is 0. The highest BCUT2D eigenvalue weighted by Crippen LogP contribution is 2.43. The monoisotopic (exact) mass is 719 g/mol. The third kappa shape index (κ3) is 5.40. The zero-order valence-electron chi connectivity index (χ0n) is 29.8. The average molecular weight is 720 g/mol. The Kier molecular flexibility index (Phi) is 7.39. The van der Waals surface area contributed by atoms with Crippen LogP contribution in [0.25, 0.3) is 86.3 Å². The fourth-order valence-corrected chi connectivity index (χ4v) is 9.36. The molecule has 0 aliphatic rings. The lowest BCUT2D eigenvalue weighted by Crippen LogP contribution is -2.10. The van der Waals surface area contributed by atoms with Crippen LogP contribution in [0.1, 0.15) is 0 Å². The highest BCUT2D eigenvalue weighted by Gasteiger charge is 2.17. The van der Waals surface area contributed by atoms with Crippen molar-refractivity contribution in [3.63, 3.8) is 0 Å². The molecular weight excluding hydrogens is 687 g/mol. The lowest BCUT2D eigenvalue weighted by Gasteiger charge is -2.27. The van der Waals surface area contributed by atoms with Gasteiger partial charge >= 0.3 is 0 Å². The van der Waals surface area contributed by atoms with Crippen LogP contribution < -0.4 is 4.90 Å². The smallest absolute Gasteiger partial charge is 0.136 e. The van der Waals surface area contributed by atoms with E-state index < -0.39 is 0 Å². The molecule has 0 aliphatic carbocycles. The van der Waals surface area contributed by atoms with Crippen molar-refractivity contribution < 1.29 is 4.42 Å². The lowest BCUT2D eigenvalue weighted by molar-refractivity contribution is 0.669. The first-order valence-electron chi connectivity index (χ1n) is 18.7. The summed E-state index contributed by atoms with van der Waals surface area (Å²) in [6.45, 7) is 0. The molecule has 0 amide bonds. The predicted octanol–water partition coefficient (Wildman–Crippen LogP) is 15.6. The van der Waals surface area contributed by atoms with Crippen LogP contribution in [0.5, 0.6) is 0 Å². The molecule has 55 heavy (non-hydrogen) atoms. The number of hydrogen-bond acceptors (Lipinski definition) is 3. The number of furan rings is 1. The number of rotatable bonds is 6. The van der Waals surface area contributed by atoms with E-state index >= 15 is 0 Å². The molecule has 0 atom stereocenters. The Morgan fingerprint density at radius 3 is 1.82 bits per heavy atom. The lowest BCUT2D eigenvalue weighted by atomic mass is 9.97. The maximum absolute atomic E-state index is 6.25. The van der Waals surface area contributed by atoms with E-state index in [0.717, 1.165) is 50.1 Å². The van der Waals surface area contributed by atoms with Crippen molar-refractivity contribution >= 4 is 81.3 Å². The third-order valence-corrected chi connectivity index (χ3v) is 12.0. The van der Waals surface area contributed by atoms with E-state index in [-0.39, 0.29) is 0 Å². The highest BCUT2D eigenvalue weighted by atomic mass is 32.1. The van der Waals surface area contributed by atoms with E-state index in [1.165, 1.54) is 53.2 Å². The Balaban J connectivity index is 1.06. The molecule has 0 bridgehead atoms. The van der Waals surface area contributed by atoms with E-state index in [2.05, 4.69) is 193 Å². The van der Waals surface area contributed by atoms with Crippen molar-refractivity contribution in [3.05, 3.63) is 200 Å². The Bertz CT molecular complexity index is 3220. The van der Waals surface area contributed by atoms with Gasteiger partial charge in [-0.25, -0.2) is 0 Å². The molecule has 258 valence electrons. The van der Waals surface area contributed by atoms with Gasteiger partial charge in [-0.2, -0.15) is 0 Å². The van der Waals surface area contributed by atoms with E-state index in [4.69, 9.17) is 4.42 Å². The topological polar surface area (TPSA) is 16.4 Å². The molecule has 0 saturated heterocycles. The second-order valence-corrected chi connectivity index (χ2v) is 15.2. The largest absolute Gasteiger partial charge is 0.456 e. The van der Waals surface area contributed by atoms with Gasteiger partial charge in [0, 0.05) is 48.0 Å². The minimum Gasteiger partial charge on any atom is -0.456 e. The predicted molar refractivity (Wildman–Crippen MR) is 235 cm³/mol. The number of para-hydroxylation sites is 1. The quantitative estimate of drug-likeness (QED) is 0.170. The van der Waals surface area contributed by atoms with Crippen LogP contribution in [-0.4, -0.2) is 0 Å². The standard InChI is InChI=1S/C52H33NOS/c1-2-17-42-34(11-1)12-9-20-43(42)38-14-8-16-41(32-38)53(39-28-25-35(26-29-39)44-21-10-23-49-52(44)46-19-3-5-22-48(46)54-49)40-15-7-13-36(31-40)37-27-30-51-47(33-37)45-18-4-6-24-50(45)55-51/h1-33H. The van der Waals surface area contributed by atoms with Crippen molar-refractivity contribution in [3.8, 4) is 33.4 Å². The molecule has 0 unspecified atom stereocenters. The SMILES string of the molecule is c1cc(-c2ccc3sc4ccccc4c3c2)cc(N(c2ccc(-c3cccc4oc5ccccc5c34)cc2)c2cccc(-c3cccc4ccccc34)c2)c1. The van der Waals surface area contributed by atoms with Crippen LogP contribution in [0.3, 0.4) is 0 Å². The fraction of sp³-hybridized carbons (Fsp3) is 0. The molecule has 2 heterocycles. The van der Waals surface area contributed by atoms with E-state index in [1.807, 2.05) is 23.5 Å². The van der Waals surface area contributed by atoms with Crippen molar-refractivity contribution in [2.24, 2.45) is 0 Å². The Morgan fingerprint density at radius 1 is 0.345 bits per heavy atom. The molecular formula is C52H33NOS. The van der Waals surface area contributed by atoms with Crippen molar-refractivity contribution in [2.45, 2.75) is 0 Å². The Hall–Kier alpha value is -6.94. The summed E-state index contributed by atoms with van der Waals surface area (Å²) in [6, 6.07) is 72.3.